The van der Waals surface area contributed by atoms with Crippen LogP contribution in [0.2, 0.25) is 0 Å². The van der Waals surface area contributed by atoms with E-state index in [9.17, 15) is 4.79 Å². The minimum atomic E-state index is -0.684. The maximum atomic E-state index is 11.1. The lowest BCUT2D eigenvalue weighted by molar-refractivity contribution is -0.138. The lowest BCUT2D eigenvalue weighted by Gasteiger charge is -2.45. The molecule has 2 aliphatic rings. The number of aromatic amines is 1. The number of aromatic nitrogens is 1. The van der Waals surface area contributed by atoms with Crippen LogP contribution in [0.3, 0.4) is 0 Å². The number of carboxylic acid groups (broad SMARTS) is 1. The minimum absolute atomic E-state index is 0.239. The van der Waals surface area contributed by atoms with Gasteiger partial charge in [0.15, 0.2) is 0 Å². The maximum absolute atomic E-state index is 11.1. The van der Waals surface area contributed by atoms with Gasteiger partial charge in [0, 0.05) is 35.8 Å². The number of benzene rings is 1. The zero-order valence-corrected chi connectivity index (χ0v) is 14.1. The van der Waals surface area contributed by atoms with Gasteiger partial charge in [0.25, 0.3) is 0 Å². The maximum Gasteiger partial charge on any atom is 0.303 e. The van der Waals surface area contributed by atoms with Crippen LogP contribution >= 0.6 is 15.9 Å². The Labute approximate surface area is 137 Å². The highest BCUT2D eigenvalue weighted by molar-refractivity contribution is 9.10. The summed E-state index contributed by atoms with van der Waals surface area (Å²) in [4.78, 5) is 16.9. The predicted octanol–water partition coefficient (Wildman–Crippen LogP) is 3.37. The van der Waals surface area contributed by atoms with Crippen LogP contribution < -0.4 is 0 Å². The largest absolute Gasteiger partial charge is 0.481 e. The Morgan fingerprint density at radius 3 is 3.09 bits per heavy atom. The van der Waals surface area contributed by atoms with Crippen molar-refractivity contribution >= 4 is 32.8 Å². The number of fused-ring (bicyclic) bond motifs is 2. The van der Waals surface area contributed by atoms with Gasteiger partial charge in [-0.2, -0.15) is 0 Å². The number of H-pyrrole nitrogens is 1. The molecular formula is C17H19BrN2O2. The van der Waals surface area contributed by atoms with Crippen LogP contribution in [0.25, 0.3) is 10.9 Å². The van der Waals surface area contributed by atoms with E-state index in [4.69, 9.17) is 5.11 Å². The number of aliphatic carboxylic acids is 1. The summed E-state index contributed by atoms with van der Waals surface area (Å²) in [7, 11) is 2.14. The van der Waals surface area contributed by atoms with E-state index >= 15 is 0 Å². The Kier molecular flexibility index (Phi) is 3.31. The molecule has 0 bridgehead atoms. The van der Waals surface area contributed by atoms with E-state index in [2.05, 4.69) is 51.1 Å². The first-order valence-corrected chi connectivity index (χ1v) is 8.55. The van der Waals surface area contributed by atoms with Crippen molar-refractivity contribution in [3.8, 4) is 0 Å². The third-order valence-electron chi connectivity index (χ3n) is 5.35. The molecule has 116 valence electrons. The van der Waals surface area contributed by atoms with Crippen molar-refractivity contribution in [2.24, 2.45) is 5.92 Å². The standard InChI is InChI=1S/C17H19BrN2O2/c1-20-8-9(6-15(21)22)5-11-10-3-2-4-13-16(10)12(7-14(11)20)17(18)19-13/h2-4,9,11,14,19H,5-8H2,1H3,(H,21,22)/t9?,11-,14-/m1/s1. The number of hydrogen-bond donors (Lipinski definition) is 2. The lowest BCUT2D eigenvalue weighted by atomic mass is 9.72. The fourth-order valence-corrected chi connectivity index (χ4v) is 5.07. The van der Waals surface area contributed by atoms with E-state index in [0.29, 0.717) is 12.0 Å². The zero-order chi connectivity index (χ0) is 15.4. The smallest absolute Gasteiger partial charge is 0.303 e. The van der Waals surface area contributed by atoms with Gasteiger partial charge in [-0.1, -0.05) is 12.1 Å². The van der Waals surface area contributed by atoms with Gasteiger partial charge in [-0.15, -0.1) is 0 Å². The quantitative estimate of drug-likeness (QED) is 0.860. The summed E-state index contributed by atoms with van der Waals surface area (Å²) in [5.74, 6) is -0.0131. The number of carboxylic acids is 1. The van der Waals surface area contributed by atoms with Gasteiger partial charge in [-0.3, -0.25) is 4.79 Å². The van der Waals surface area contributed by atoms with Crippen LogP contribution in [0.15, 0.2) is 22.8 Å². The Hall–Kier alpha value is -1.33. The third-order valence-corrected chi connectivity index (χ3v) is 6.02. The molecule has 1 saturated heterocycles. The number of carbonyl (C=O) groups is 1. The molecule has 2 N–H and O–H groups in total. The first-order valence-electron chi connectivity index (χ1n) is 7.75. The van der Waals surface area contributed by atoms with Gasteiger partial charge < -0.3 is 15.0 Å². The van der Waals surface area contributed by atoms with Gasteiger partial charge in [0.1, 0.15) is 0 Å². The Morgan fingerprint density at radius 2 is 2.32 bits per heavy atom. The molecule has 0 spiro atoms. The van der Waals surface area contributed by atoms with Crippen molar-refractivity contribution in [2.75, 3.05) is 13.6 Å². The summed E-state index contributed by atoms with van der Waals surface area (Å²) in [5, 5.41) is 10.5. The summed E-state index contributed by atoms with van der Waals surface area (Å²) in [6.45, 7) is 0.876. The van der Waals surface area contributed by atoms with E-state index in [0.717, 1.165) is 24.0 Å². The van der Waals surface area contributed by atoms with E-state index in [1.54, 1.807) is 0 Å². The van der Waals surface area contributed by atoms with Gasteiger partial charge in [0.05, 0.1) is 4.60 Å². The molecule has 22 heavy (non-hydrogen) atoms. The molecule has 4 nitrogen and oxygen atoms in total. The van der Waals surface area contributed by atoms with Crippen LogP contribution in [0, 0.1) is 5.92 Å². The van der Waals surface area contributed by atoms with Crippen LogP contribution in [-0.2, 0) is 11.2 Å². The molecule has 1 unspecified atom stereocenters. The molecule has 2 heterocycles. The molecule has 0 saturated carbocycles. The van der Waals surface area contributed by atoms with Gasteiger partial charge in [-0.05, 0) is 58.9 Å². The van der Waals surface area contributed by atoms with E-state index < -0.39 is 5.97 Å². The van der Waals surface area contributed by atoms with E-state index in [1.807, 2.05) is 0 Å². The Balaban J connectivity index is 1.79. The average molecular weight is 363 g/mol. The molecule has 1 aliphatic heterocycles. The molecule has 1 aromatic carbocycles. The molecule has 5 heteroatoms. The van der Waals surface area contributed by atoms with Gasteiger partial charge in [0.2, 0.25) is 0 Å². The number of halogens is 1. The van der Waals surface area contributed by atoms with Gasteiger partial charge in [-0.25, -0.2) is 0 Å². The highest BCUT2D eigenvalue weighted by Gasteiger charge is 2.40. The fourth-order valence-electron chi connectivity index (χ4n) is 4.49. The number of hydrogen-bond acceptors (Lipinski definition) is 2. The third kappa shape index (κ3) is 2.10. The van der Waals surface area contributed by atoms with Crippen molar-refractivity contribution < 1.29 is 9.90 Å². The van der Waals surface area contributed by atoms with Crippen LogP contribution in [0.1, 0.15) is 29.9 Å². The topological polar surface area (TPSA) is 56.3 Å². The molecule has 2 aromatic rings. The molecule has 3 atom stereocenters. The molecular weight excluding hydrogens is 344 g/mol. The van der Waals surface area contributed by atoms with Crippen molar-refractivity contribution in [3.63, 3.8) is 0 Å². The number of piperidine rings is 1. The second kappa shape index (κ2) is 5.10. The highest BCUT2D eigenvalue weighted by atomic mass is 79.9. The van der Waals surface area contributed by atoms with Crippen molar-refractivity contribution in [2.45, 2.75) is 31.2 Å². The summed E-state index contributed by atoms with van der Waals surface area (Å²) < 4.78 is 1.09. The Morgan fingerprint density at radius 1 is 1.50 bits per heavy atom. The van der Waals surface area contributed by atoms with Crippen LogP contribution in [-0.4, -0.2) is 40.6 Å². The molecule has 0 amide bonds. The molecule has 1 fully saturated rings. The van der Waals surface area contributed by atoms with Crippen molar-refractivity contribution in [3.05, 3.63) is 33.9 Å². The first kappa shape index (κ1) is 14.3. The summed E-state index contributed by atoms with van der Waals surface area (Å²) in [5.41, 5.74) is 3.93. The molecule has 0 radical (unpaired) electrons. The monoisotopic (exact) mass is 362 g/mol. The van der Waals surface area contributed by atoms with Crippen molar-refractivity contribution in [1.29, 1.82) is 0 Å². The number of nitrogens with zero attached hydrogens (tertiary/aromatic N) is 1. The van der Waals surface area contributed by atoms with Crippen LogP contribution in [0.5, 0.6) is 0 Å². The zero-order valence-electron chi connectivity index (χ0n) is 12.5. The SMILES string of the molecule is CN1CC(CC(=O)O)C[C@@H]2c3cccc4[nH]c(Br)c(c34)C[C@H]21. The summed E-state index contributed by atoms with van der Waals surface area (Å²) >= 11 is 3.67. The number of likely N-dealkylation sites (N-methyl/N-ethyl adjacent to an activating group) is 1. The summed E-state index contributed by atoms with van der Waals surface area (Å²) in [6.07, 6.45) is 2.27. The number of likely N-dealkylation sites (tertiary alicyclic amines) is 1. The highest BCUT2D eigenvalue weighted by Crippen LogP contribution is 2.46. The minimum Gasteiger partial charge on any atom is -0.481 e. The molecule has 1 aliphatic carbocycles. The Bertz CT molecular complexity index is 754. The summed E-state index contributed by atoms with van der Waals surface area (Å²) in [6, 6.07) is 6.91. The molecule has 1 aromatic heterocycles. The normalized spacial score (nSPS) is 27.8. The second-order valence-corrected chi connectivity index (χ2v) is 7.50. The number of rotatable bonds is 2. The molecule has 4 rings (SSSR count). The number of nitrogens with one attached hydrogen (secondary N) is 1. The fraction of sp³-hybridized carbons (Fsp3) is 0.471. The van der Waals surface area contributed by atoms with Crippen molar-refractivity contribution in [1.82, 2.24) is 9.88 Å². The van der Waals surface area contributed by atoms with Crippen LogP contribution in [0.4, 0.5) is 0 Å². The average Bonchev–Trinajstić information content (AvgIpc) is 2.77. The van der Waals surface area contributed by atoms with E-state index in [1.165, 1.54) is 22.0 Å². The second-order valence-electron chi connectivity index (χ2n) is 6.70. The van der Waals surface area contributed by atoms with Gasteiger partial charge >= 0.3 is 5.97 Å². The van der Waals surface area contributed by atoms with E-state index in [-0.39, 0.29) is 12.3 Å². The first-order chi connectivity index (χ1) is 10.5. The lowest BCUT2D eigenvalue weighted by Crippen LogP contribution is -2.48. The predicted molar refractivity (Wildman–Crippen MR) is 89.2 cm³/mol.